The Morgan fingerprint density at radius 3 is 2.71 bits per heavy atom. The third kappa shape index (κ3) is 3.25. The van der Waals surface area contributed by atoms with Crippen LogP contribution in [0.2, 0.25) is 5.15 Å². The number of aromatic nitrogens is 2. The molecule has 8 heteroatoms. The summed E-state index contributed by atoms with van der Waals surface area (Å²) in [6.07, 6.45) is 0. The lowest BCUT2D eigenvalue weighted by Gasteiger charge is -2.12. The smallest absolute Gasteiger partial charge is 0.223 e. The first kappa shape index (κ1) is 15.1. The molecule has 112 valence electrons. The van der Waals surface area contributed by atoms with Crippen molar-refractivity contribution in [3.8, 4) is 5.75 Å². The minimum absolute atomic E-state index is 0.00864. The fourth-order valence-electron chi connectivity index (χ4n) is 1.82. The highest BCUT2D eigenvalue weighted by Gasteiger charge is 2.11. The van der Waals surface area contributed by atoms with Gasteiger partial charge in [-0.15, -0.1) is 0 Å². The van der Waals surface area contributed by atoms with Gasteiger partial charge in [-0.25, -0.2) is 4.39 Å². The van der Waals surface area contributed by atoms with Crippen molar-refractivity contribution < 1.29 is 9.13 Å². The van der Waals surface area contributed by atoms with Crippen molar-refractivity contribution in [1.82, 2.24) is 9.97 Å². The van der Waals surface area contributed by atoms with E-state index >= 15 is 0 Å². The van der Waals surface area contributed by atoms with E-state index in [4.69, 9.17) is 27.8 Å². The van der Waals surface area contributed by atoms with E-state index in [2.05, 4.69) is 15.3 Å². The van der Waals surface area contributed by atoms with Crippen molar-refractivity contribution in [2.75, 3.05) is 23.9 Å². The van der Waals surface area contributed by atoms with Gasteiger partial charge < -0.3 is 21.5 Å². The normalized spacial score (nSPS) is 10.5. The van der Waals surface area contributed by atoms with Crippen LogP contribution in [-0.2, 0) is 6.54 Å². The van der Waals surface area contributed by atoms with Gasteiger partial charge in [0.25, 0.3) is 0 Å². The maximum Gasteiger partial charge on any atom is 0.223 e. The summed E-state index contributed by atoms with van der Waals surface area (Å²) < 4.78 is 18.6. The molecule has 0 aliphatic carbocycles. The molecule has 1 aromatic carbocycles. The predicted octanol–water partition coefficient (Wildman–Crippen LogP) is 2.36. The highest BCUT2D eigenvalue weighted by Crippen LogP contribution is 2.26. The second-order valence-corrected chi connectivity index (χ2v) is 4.76. The van der Waals surface area contributed by atoms with Crippen LogP contribution in [0, 0.1) is 12.7 Å². The number of nitrogen functional groups attached to an aromatic ring is 2. The first-order valence-electron chi connectivity index (χ1n) is 6.07. The number of nitrogens with one attached hydrogen (secondary N) is 1. The monoisotopic (exact) mass is 311 g/mol. The molecule has 21 heavy (non-hydrogen) atoms. The molecule has 0 spiro atoms. The molecule has 0 atom stereocenters. The van der Waals surface area contributed by atoms with Crippen LogP contribution in [-0.4, -0.2) is 17.1 Å². The number of anilines is 3. The molecule has 0 saturated carbocycles. The third-order valence-electron chi connectivity index (χ3n) is 2.97. The predicted molar refractivity (Wildman–Crippen MR) is 80.9 cm³/mol. The van der Waals surface area contributed by atoms with E-state index in [0.29, 0.717) is 12.4 Å². The molecule has 0 aliphatic rings. The summed E-state index contributed by atoms with van der Waals surface area (Å²) in [5.41, 5.74) is 13.1. The van der Waals surface area contributed by atoms with Gasteiger partial charge in [0, 0.05) is 6.54 Å². The number of hydrogen-bond acceptors (Lipinski definition) is 6. The summed E-state index contributed by atoms with van der Waals surface area (Å²) in [5.74, 6) is 0.0793. The Bertz CT molecular complexity index is 680. The molecule has 0 bridgehead atoms. The second-order valence-electron chi connectivity index (χ2n) is 4.40. The van der Waals surface area contributed by atoms with Crippen LogP contribution in [0.5, 0.6) is 5.75 Å². The van der Waals surface area contributed by atoms with Crippen molar-refractivity contribution in [2.24, 2.45) is 0 Å². The van der Waals surface area contributed by atoms with Gasteiger partial charge in [-0.3, -0.25) is 0 Å². The van der Waals surface area contributed by atoms with Gasteiger partial charge in [-0.05, 0) is 30.2 Å². The Kier molecular flexibility index (Phi) is 4.32. The largest absolute Gasteiger partial charge is 0.494 e. The Balaban J connectivity index is 2.23. The quantitative estimate of drug-likeness (QED) is 0.750. The summed E-state index contributed by atoms with van der Waals surface area (Å²) in [6.45, 7) is 2.16. The molecule has 2 rings (SSSR count). The topological polar surface area (TPSA) is 99.1 Å². The molecule has 2 aromatic rings. The average molecular weight is 312 g/mol. The third-order valence-corrected chi connectivity index (χ3v) is 3.26. The molecule has 0 fully saturated rings. The minimum Gasteiger partial charge on any atom is -0.494 e. The van der Waals surface area contributed by atoms with Gasteiger partial charge in [0.1, 0.15) is 5.69 Å². The fraction of sp³-hybridized carbons (Fsp3) is 0.231. The fourth-order valence-corrected chi connectivity index (χ4v) is 1.99. The van der Waals surface area contributed by atoms with Crippen LogP contribution < -0.4 is 21.5 Å². The number of nitrogens with zero attached hydrogens (tertiary/aromatic N) is 2. The molecular weight excluding hydrogens is 297 g/mol. The van der Waals surface area contributed by atoms with Crippen LogP contribution in [0.15, 0.2) is 12.1 Å². The summed E-state index contributed by atoms with van der Waals surface area (Å²) >= 11 is 5.82. The highest BCUT2D eigenvalue weighted by atomic mass is 35.5. The van der Waals surface area contributed by atoms with E-state index in [-0.39, 0.29) is 22.5 Å². The summed E-state index contributed by atoms with van der Waals surface area (Å²) in [4.78, 5) is 7.70. The van der Waals surface area contributed by atoms with Crippen LogP contribution in [0.4, 0.5) is 21.8 Å². The summed E-state index contributed by atoms with van der Waals surface area (Å²) in [6, 6.07) is 3.01. The van der Waals surface area contributed by atoms with E-state index in [1.165, 1.54) is 13.2 Å². The first-order valence-corrected chi connectivity index (χ1v) is 6.45. The molecule has 1 heterocycles. The Labute approximate surface area is 126 Å². The molecule has 5 N–H and O–H groups in total. The van der Waals surface area contributed by atoms with Crippen molar-refractivity contribution in [3.63, 3.8) is 0 Å². The van der Waals surface area contributed by atoms with Crippen molar-refractivity contribution in [2.45, 2.75) is 13.5 Å². The van der Waals surface area contributed by atoms with Crippen molar-refractivity contribution in [1.29, 1.82) is 0 Å². The summed E-state index contributed by atoms with van der Waals surface area (Å²) in [5, 5.41) is 3.04. The number of rotatable bonds is 4. The zero-order chi connectivity index (χ0) is 15.6. The van der Waals surface area contributed by atoms with Crippen molar-refractivity contribution >= 4 is 29.1 Å². The van der Waals surface area contributed by atoms with E-state index in [0.717, 1.165) is 11.1 Å². The van der Waals surface area contributed by atoms with Gasteiger partial charge in [0.2, 0.25) is 5.95 Å². The first-order chi connectivity index (χ1) is 9.92. The zero-order valence-electron chi connectivity index (χ0n) is 11.6. The average Bonchev–Trinajstić information content (AvgIpc) is 2.44. The number of halogens is 2. The Morgan fingerprint density at radius 2 is 2.05 bits per heavy atom. The van der Waals surface area contributed by atoms with E-state index in [1.807, 2.05) is 6.92 Å². The van der Waals surface area contributed by atoms with Crippen LogP contribution >= 0.6 is 11.6 Å². The molecule has 1 aromatic heterocycles. The standard InChI is InChI=1S/C13H15ClFN5O/c1-6-3-9(21-2)8(15)4-7(6)5-18-12-10(16)11(14)19-13(17)20-12/h3-4H,5,16H2,1-2H3,(H3,17,18,19,20). The lowest BCUT2D eigenvalue weighted by molar-refractivity contribution is 0.386. The van der Waals surface area contributed by atoms with E-state index in [9.17, 15) is 4.39 Å². The van der Waals surface area contributed by atoms with Gasteiger partial charge in [0.05, 0.1) is 7.11 Å². The highest BCUT2D eigenvalue weighted by molar-refractivity contribution is 6.32. The van der Waals surface area contributed by atoms with E-state index < -0.39 is 5.82 Å². The SMILES string of the molecule is COc1cc(C)c(CNc2nc(N)nc(Cl)c2N)cc1F. The molecule has 0 unspecified atom stereocenters. The molecule has 0 radical (unpaired) electrons. The van der Waals surface area contributed by atoms with Gasteiger partial charge in [-0.1, -0.05) is 11.6 Å². The Hall–Kier alpha value is -2.28. The van der Waals surface area contributed by atoms with Crippen LogP contribution in [0.25, 0.3) is 0 Å². The number of methoxy groups -OCH3 is 1. The molecular formula is C13H15ClFN5O. The molecule has 0 amide bonds. The number of aryl methyl sites for hydroxylation is 1. The molecule has 0 saturated heterocycles. The number of benzene rings is 1. The number of hydrogen-bond donors (Lipinski definition) is 3. The maximum atomic E-state index is 13.7. The molecule has 0 aliphatic heterocycles. The van der Waals surface area contributed by atoms with Gasteiger partial charge in [0.15, 0.2) is 22.5 Å². The maximum absolute atomic E-state index is 13.7. The lowest BCUT2D eigenvalue weighted by Crippen LogP contribution is -2.09. The number of nitrogens with two attached hydrogens (primary N) is 2. The van der Waals surface area contributed by atoms with Crippen LogP contribution in [0.3, 0.4) is 0 Å². The second kappa shape index (κ2) is 6.01. The molecule has 6 nitrogen and oxygen atoms in total. The number of ether oxygens (including phenoxy) is 1. The van der Waals surface area contributed by atoms with Gasteiger partial charge in [-0.2, -0.15) is 9.97 Å². The van der Waals surface area contributed by atoms with Crippen molar-refractivity contribution in [3.05, 3.63) is 34.2 Å². The summed E-state index contributed by atoms with van der Waals surface area (Å²) in [7, 11) is 1.42. The van der Waals surface area contributed by atoms with E-state index in [1.54, 1.807) is 6.07 Å². The Morgan fingerprint density at radius 1 is 1.33 bits per heavy atom. The zero-order valence-corrected chi connectivity index (χ0v) is 12.3. The lowest BCUT2D eigenvalue weighted by atomic mass is 10.1. The van der Waals surface area contributed by atoms with Crippen LogP contribution in [0.1, 0.15) is 11.1 Å². The minimum atomic E-state index is -0.437. The van der Waals surface area contributed by atoms with Gasteiger partial charge >= 0.3 is 0 Å².